The van der Waals surface area contributed by atoms with Crippen LogP contribution in [0.25, 0.3) is 5.69 Å². The number of benzene rings is 1. The molecule has 0 aliphatic heterocycles. The van der Waals surface area contributed by atoms with Crippen molar-refractivity contribution in [2.45, 2.75) is 51.2 Å². The van der Waals surface area contributed by atoms with E-state index in [1.165, 1.54) is 25.3 Å². The van der Waals surface area contributed by atoms with E-state index in [4.69, 9.17) is 16.3 Å². The van der Waals surface area contributed by atoms with E-state index in [0.29, 0.717) is 6.54 Å². The van der Waals surface area contributed by atoms with Gasteiger partial charge in [0.15, 0.2) is 0 Å². The van der Waals surface area contributed by atoms with Gasteiger partial charge in [0.1, 0.15) is 6.20 Å². The second kappa shape index (κ2) is 11.7. The van der Waals surface area contributed by atoms with Crippen LogP contribution in [0.5, 0.6) is 0 Å². The fraction of sp³-hybridized carbons (Fsp3) is 0.565. The van der Waals surface area contributed by atoms with Crippen LogP contribution >= 0.6 is 11.6 Å². The molecule has 1 fully saturated rings. The molecule has 2 aromatic rings. The number of aliphatic hydroxyl groups excluding tert-OH is 2. The second-order valence-corrected chi connectivity index (χ2v) is 9.22. The minimum Gasteiger partial charge on any atom is -0.396 e. The summed E-state index contributed by atoms with van der Waals surface area (Å²) in [4.78, 5) is 38.0. The van der Waals surface area contributed by atoms with Crippen LogP contribution < -0.4 is 16.6 Å². The third-order valence-corrected chi connectivity index (χ3v) is 6.61. The first-order valence-electron chi connectivity index (χ1n) is 11.4. The molecule has 1 amide bonds. The number of amides is 1. The van der Waals surface area contributed by atoms with Crippen LogP contribution in [-0.4, -0.2) is 63.4 Å². The lowest BCUT2D eigenvalue weighted by Crippen LogP contribution is -2.43. The summed E-state index contributed by atoms with van der Waals surface area (Å²) in [5, 5.41) is 26.9. The summed E-state index contributed by atoms with van der Waals surface area (Å²) in [6.07, 6.45) is 5.85. The maximum atomic E-state index is 13.0. The maximum absolute atomic E-state index is 13.0. The number of methoxy groups -OCH3 is 1. The number of aromatic nitrogens is 3. The largest absolute Gasteiger partial charge is 0.396 e. The number of nitrogens with one attached hydrogen (secondary N) is 1. The smallest absolute Gasteiger partial charge is 0.352 e. The minimum atomic E-state index is -1.05. The zero-order valence-electron chi connectivity index (χ0n) is 19.2. The fourth-order valence-corrected chi connectivity index (χ4v) is 4.49. The summed E-state index contributed by atoms with van der Waals surface area (Å²) in [6.45, 7) is 0.00713. The zero-order chi connectivity index (χ0) is 24.7. The van der Waals surface area contributed by atoms with E-state index in [-0.39, 0.29) is 41.4 Å². The van der Waals surface area contributed by atoms with Crippen LogP contribution in [0.2, 0.25) is 5.02 Å². The molecule has 1 aromatic carbocycles. The van der Waals surface area contributed by atoms with Crippen molar-refractivity contribution >= 4 is 17.5 Å². The molecule has 1 aliphatic rings. The van der Waals surface area contributed by atoms with Crippen LogP contribution in [0.3, 0.4) is 0 Å². The molecular weight excluding hydrogens is 464 g/mol. The molecule has 1 aromatic heterocycles. The van der Waals surface area contributed by atoms with Gasteiger partial charge in [0.2, 0.25) is 0 Å². The van der Waals surface area contributed by atoms with Gasteiger partial charge in [-0.2, -0.15) is 9.78 Å². The van der Waals surface area contributed by atoms with Crippen LogP contribution in [-0.2, 0) is 11.3 Å². The summed E-state index contributed by atoms with van der Waals surface area (Å²) in [6, 6.07) is 4.40. The zero-order valence-corrected chi connectivity index (χ0v) is 20.0. The second-order valence-electron chi connectivity index (χ2n) is 8.82. The van der Waals surface area contributed by atoms with Gasteiger partial charge in [-0.15, -0.1) is 0 Å². The number of nitrogens with zero attached hydrogens (tertiary/aromatic N) is 3. The van der Waals surface area contributed by atoms with Gasteiger partial charge in [-0.1, -0.05) is 37.3 Å². The van der Waals surface area contributed by atoms with Gasteiger partial charge in [-0.3, -0.25) is 14.2 Å². The first kappa shape index (κ1) is 26.1. The molecule has 1 atom stereocenters. The molecule has 0 spiro atoms. The Balaban J connectivity index is 1.85. The SMILES string of the molecule is COC[C@H](O)Cn1c(=O)cnn(-c2ccc(Cl)c(C(=O)NCC3(CO)CCCCCC3)c2)c1=O. The molecule has 10 nitrogen and oxygen atoms in total. The Labute approximate surface area is 202 Å². The summed E-state index contributed by atoms with van der Waals surface area (Å²) >= 11 is 6.27. The van der Waals surface area contributed by atoms with E-state index in [1.54, 1.807) is 0 Å². The predicted octanol–water partition coefficient (Wildman–Crippen LogP) is 1.12. The highest BCUT2D eigenvalue weighted by Gasteiger charge is 2.31. The molecule has 1 aliphatic carbocycles. The van der Waals surface area contributed by atoms with Crippen molar-refractivity contribution in [1.29, 1.82) is 0 Å². The van der Waals surface area contributed by atoms with Crippen LogP contribution in [0.1, 0.15) is 48.9 Å². The van der Waals surface area contributed by atoms with Crippen LogP contribution in [0, 0.1) is 5.41 Å². The average molecular weight is 495 g/mol. The lowest BCUT2D eigenvalue weighted by atomic mass is 9.81. The Hall–Kier alpha value is -2.53. The molecule has 0 saturated heterocycles. The molecule has 1 saturated carbocycles. The Morgan fingerprint density at radius 3 is 2.62 bits per heavy atom. The standard InChI is InChI=1S/C23H31ClN4O6/c1-34-13-17(30)12-27-20(31)11-26-28(22(27)33)16-6-7-19(24)18(10-16)21(32)25-14-23(15-29)8-4-2-3-5-9-23/h6-7,10-11,17,29-30H,2-5,8-9,12-15H2,1H3,(H,25,32)/t17-/m1/s1. The highest BCUT2D eigenvalue weighted by molar-refractivity contribution is 6.33. The van der Waals surface area contributed by atoms with Crippen molar-refractivity contribution in [2.75, 3.05) is 26.9 Å². The fourth-order valence-electron chi connectivity index (χ4n) is 4.29. The van der Waals surface area contributed by atoms with Crippen molar-refractivity contribution < 1.29 is 19.7 Å². The van der Waals surface area contributed by atoms with Crippen LogP contribution in [0.15, 0.2) is 34.0 Å². The molecule has 3 rings (SSSR count). The first-order chi connectivity index (χ1) is 16.3. The quantitative estimate of drug-likeness (QED) is 0.444. The topological polar surface area (TPSA) is 136 Å². The molecule has 3 N–H and O–H groups in total. The number of carbonyl (C=O) groups is 1. The highest BCUT2D eigenvalue weighted by Crippen LogP contribution is 2.34. The minimum absolute atomic E-state index is 0.00314. The first-order valence-corrected chi connectivity index (χ1v) is 11.7. The van der Waals surface area contributed by atoms with Crippen molar-refractivity contribution in [3.8, 4) is 5.69 Å². The number of aliphatic hydroxyl groups is 2. The van der Waals surface area contributed by atoms with Gasteiger partial charge in [0, 0.05) is 19.1 Å². The van der Waals surface area contributed by atoms with Gasteiger partial charge in [-0.05, 0) is 31.0 Å². The molecule has 0 unspecified atom stereocenters. The van der Waals surface area contributed by atoms with Gasteiger partial charge >= 0.3 is 5.69 Å². The average Bonchev–Trinajstić information content (AvgIpc) is 3.07. The van der Waals surface area contributed by atoms with Crippen molar-refractivity contribution in [1.82, 2.24) is 19.7 Å². The lowest BCUT2D eigenvalue weighted by molar-refractivity contribution is 0.0519. The molecule has 0 bridgehead atoms. The number of rotatable bonds is 9. The Morgan fingerprint density at radius 2 is 1.97 bits per heavy atom. The molecule has 34 heavy (non-hydrogen) atoms. The maximum Gasteiger partial charge on any atom is 0.352 e. The van der Waals surface area contributed by atoms with Gasteiger partial charge in [0.25, 0.3) is 11.5 Å². The molecule has 11 heteroatoms. The predicted molar refractivity (Wildman–Crippen MR) is 127 cm³/mol. The van der Waals surface area contributed by atoms with E-state index in [0.717, 1.165) is 54.0 Å². The van der Waals surface area contributed by atoms with Gasteiger partial charge in [-0.25, -0.2) is 4.79 Å². The van der Waals surface area contributed by atoms with Crippen LogP contribution in [0.4, 0.5) is 0 Å². The van der Waals surface area contributed by atoms with E-state index in [1.807, 2.05) is 0 Å². The molecule has 0 radical (unpaired) electrons. The van der Waals surface area contributed by atoms with Crippen molar-refractivity contribution in [3.63, 3.8) is 0 Å². The lowest BCUT2D eigenvalue weighted by Gasteiger charge is -2.31. The van der Waals surface area contributed by atoms with E-state index >= 15 is 0 Å². The van der Waals surface area contributed by atoms with Gasteiger partial charge < -0.3 is 20.3 Å². The monoisotopic (exact) mass is 494 g/mol. The normalized spacial score (nSPS) is 16.6. The van der Waals surface area contributed by atoms with Crippen molar-refractivity contribution in [3.05, 3.63) is 55.8 Å². The number of hydrogen-bond acceptors (Lipinski definition) is 7. The number of ether oxygens (including phenoxy) is 1. The third kappa shape index (κ3) is 6.12. The summed E-state index contributed by atoms with van der Waals surface area (Å²) < 4.78 is 6.67. The number of hydrogen-bond donors (Lipinski definition) is 3. The summed E-state index contributed by atoms with van der Waals surface area (Å²) in [7, 11) is 1.40. The number of halogens is 1. The van der Waals surface area contributed by atoms with E-state index in [2.05, 4.69) is 10.4 Å². The Morgan fingerprint density at radius 1 is 1.26 bits per heavy atom. The summed E-state index contributed by atoms with van der Waals surface area (Å²) in [5.41, 5.74) is -1.41. The Kier molecular flexibility index (Phi) is 9.01. The van der Waals surface area contributed by atoms with Gasteiger partial charge in [0.05, 0.1) is 42.1 Å². The van der Waals surface area contributed by atoms with E-state index in [9.17, 15) is 24.6 Å². The summed E-state index contributed by atoms with van der Waals surface area (Å²) in [5.74, 6) is -0.430. The van der Waals surface area contributed by atoms with Crippen molar-refractivity contribution in [2.24, 2.45) is 5.41 Å². The molecule has 186 valence electrons. The number of carbonyl (C=O) groups excluding carboxylic acids is 1. The Bertz CT molecular complexity index is 1110. The third-order valence-electron chi connectivity index (χ3n) is 6.28. The molecule has 1 heterocycles. The van der Waals surface area contributed by atoms with E-state index < -0.39 is 23.3 Å². The highest BCUT2D eigenvalue weighted by atomic mass is 35.5. The molecular formula is C23H31ClN4O6.